The van der Waals surface area contributed by atoms with E-state index >= 15 is 4.39 Å². The SMILES string of the molecule is C[C@@H]1CCC[C@H](N2CCC(C3C(F)=C(Cl)C=CC3n3cnnn3)=CC2=O)c2cc(ccn2)C(C)(C)CNC1=O. The van der Waals surface area contributed by atoms with Crippen molar-refractivity contribution in [3.63, 3.8) is 0 Å². The summed E-state index contributed by atoms with van der Waals surface area (Å²) in [6, 6.07) is 3.23. The van der Waals surface area contributed by atoms with Crippen LogP contribution in [0.3, 0.4) is 0 Å². The molecule has 5 rings (SSSR count). The molecule has 2 unspecified atom stereocenters. The molecule has 2 amide bonds. The van der Waals surface area contributed by atoms with E-state index in [4.69, 9.17) is 11.6 Å². The zero-order valence-corrected chi connectivity index (χ0v) is 23.1. The average molecular weight is 554 g/mol. The Balaban J connectivity index is 1.46. The highest BCUT2D eigenvalue weighted by molar-refractivity contribution is 6.31. The number of hydrogen-bond donors (Lipinski definition) is 1. The first-order valence-corrected chi connectivity index (χ1v) is 13.7. The van der Waals surface area contributed by atoms with Crippen molar-refractivity contribution in [1.82, 2.24) is 35.4 Å². The molecule has 2 bridgehead atoms. The average Bonchev–Trinajstić information content (AvgIpc) is 3.46. The number of carbonyl (C=O) groups excluding carboxylic acids is 2. The van der Waals surface area contributed by atoms with Crippen LogP contribution in [0.5, 0.6) is 0 Å². The van der Waals surface area contributed by atoms with Gasteiger partial charge in [0.05, 0.1) is 28.7 Å². The summed E-state index contributed by atoms with van der Waals surface area (Å²) in [5.74, 6) is -1.54. The van der Waals surface area contributed by atoms with Crippen LogP contribution in [0, 0.1) is 11.8 Å². The zero-order chi connectivity index (χ0) is 27.7. The van der Waals surface area contributed by atoms with E-state index in [9.17, 15) is 9.59 Å². The zero-order valence-electron chi connectivity index (χ0n) is 22.3. The van der Waals surface area contributed by atoms with Crippen molar-refractivity contribution in [2.75, 3.05) is 13.1 Å². The van der Waals surface area contributed by atoms with Gasteiger partial charge < -0.3 is 10.2 Å². The monoisotopic (exact) mass is 553 g/mol. The molecule has 3 aliphatic rings. The number of nitrogens with one attached hydrogen (secondary N) is 1. The van der Waals surface area contributed by atoms with Crippen molar-refractivity contribution in [3.05, 3.63) is 70.6 Å². The molecule has 1 N–H and O–H groups in total. The fourth-order valence-electron chi connectivity index (χ4n) is 5.68. The third-order valence-electron chi connectivity index (χ3n) is 8.13. The summed E-state index contributed by atoms with van der Waals surface area (Å²) in [6.45, 7) is 7.04. The maximum absolute atomic E-state index is 15.4. The quantitative estimate of drug-likeness (QED) is 0.606. The molecule has 0 fully saturated rings. The third kappa shape index (κ3) is 5.52. The lowest BCUT2D eigenvalue weighted by Crippen LogP contribution is -2.41. The maximum atomic E-state index is 15.4. The Morgan fingerprint density at radius 3 is 2.79 bits per heavy atom. The predicted molar refractivity (Wildman–Crippen MR) is 144 cm³/mol. The van der Waals surface area contributed by atoms with Crippen molar-refractivity contribution in [1.29, 1.82) is 0 Å². The van der Waals surface area contributed by atoms with Gasteiger partial charge in [0.25, 0.3) is 0 Å². The molecule has 2 aliphatic heterocycles. The molecule has 0 saturated carbocycles. The highest BCUT2D eigenvalue weighted by atomic mass is 35.5. The number of allylic oxidation sites excluding steroid dienone is 4. The summed E-state index contributed by atoms with van der Waals surface area (Å²) < 4.78 is 16.9. The van der Waals surface area contributed by atoms with E-state index in [-0.39, 0.29) is 34.2 Å². The van der Waals surface area contributed by atoms with Crippen LogP contribution in [0.2, 0.25) is 0 Å². The van der Waals surface area contributed by atoms with E-state index in [0.29, 0.717) is 37.9 Å². The van der Waals surface area contributed by atoms with Crippen LogP contribution >= 0.6 is 11.6 Å². The molecule has 2 aromatic rings. The summed E-state index contributed by atoms with van der Waals surface area (Å²) in [4.78, 5) is 32.8. The van der Waals surface area contributed by atoms with Gasteiger partial charge in [0.15, 0.2) is 0 Å². The van der Waals surface area contributed by atoms with Gasteiger partial charge in [-0.3, -0.25) is 14.6 Å². The number of aromatic nitrogens is 5. The first-order valence-electron chi connectivity index (χ1n) is 13.4. The van der Waals surface area contributed by atoms with Gasteiger partial charge in [-0.2, -0.15) is 0 Å². The number of pyridine rings is 1. The summed E-state index contributed by atoms with van der Waals surface area (Å²) in [5, 5.41) is 14.4. The lowest BCUT2D eigenvalue weighted by Gasteiger charge is -2.37. The second-order valence-corrected chi connectivity index (χ2v) is 11.6. The first kappa shape index (κ1) is 27.2. The van der Waals surface area contributed by atoms with E-state index in [1.807, 2.05) is 17.9 Å². The number of hydrogen-bond acceptors (Lipinski definition) is 6. The molecular formula is C28H33ClFN7O2. The molecule has 0 aromatic carbocycles. The van der Waals surface area contributed by atoms with Gasteiger partial charge in [0.1, 0.15) is 12.2 Å². The van der Waals surface area contributed by atoms with Crippen LogP contribution < -0.4 is 5.32 Å². The number of amides is 2. The molecule has 0 spiro atoms. The van der Waals surface area contributed by atoms with Crippen molar-refractivity contribution in [2.24, 2.45) is 11.8 Å². The van der Waals surface area contributed by atoms with Gasteiger partial charge in [-0.05, 0) is 53.5 Å². The number of carbonyl (C=O) groups is 2. The number of nitrogens with zero attached hydrogens (tertiary/aromatic N) is 6. The number of halogens is 2. The highest BCUT2D eigenvalue weighted by Crippen LogP contribution is 2.43. The van der Waals surface area contributed by atoms with Gasteiger partial charge in [-0.25, -0.2) is 9.07 Å². The Morgan fingerprint density at radius 1 is 1.23 bits per heavy atom. The van der Waals surface area contributed by atoms with Crippen LogP contribution in [0.1, 0.15) is 69.8 Å². The van der Waals surface area contributed by atoms with Crippen molar-refractivity contribution < 1.29 is 14.0 Å². The van der Waals surface area contributed by atoms with Gasteiger partial charge in [-0.1, -0.05) is 50.4 Å². The van der Waals surface area contributed by atoms with E-state index in [1.165, 1.54) is 23.2 Å². The number of rotatable bonds is 3. The minimum absolute atomic E-state index is 0.0150. The fraction of sp³-hybridized carbons (Fsp3) is 0.500. The lowest BCUT2D eigenvalue weighted by atomic mass is 9.82. The number of tetrazole rings is 1. The van der Waals surface area contributed by atoms with Crippen LogP contribution in [-0.4, -0.2) is 55.0 Å². The van der Waals surface area contributed by atoms with E-state index in [1.54, 1.807) is 12.3 Å². The molecule has 0 radical (unpaired) electrons. The third-order valence-corrected chi connectivity index (χ3v) is 8.44. The lowest BCUT2D eigenvalue weighted by molar-refractivity contribution is -0.130. The second kappa shape index (κ2) is 11.0. The van der Waals surface area contributed by atoms with Crippen LogP contribution in [0.25, 0.3) is 0 Å². The maximum Gasteiger partial charge on any atom is 0.247 e. The Kier molecular flexibility index (Phi) is 7.66. The molecule has 2 aromatic heterocycles. The number of fused-ring (bicyclic) bond motifs is 2. The van der Waals surface area contributed by atoms with Crippen LogP contribution in [0.15, 0.2) is 59.3 Å². The summed E-state index contributed by atoms with van der Waals surface area (Å²) in [7, 11) is 0. The Morgan fingerprint density at radius 2 is 2.05 bits per heavy atom. The molecule has 11 heteroatoms. The fourth-order valence-corrected chi connectivity index (χ4v) is 5.87. The molecule has 1 aliphatic carbocycles. The predicted octanol–water partition coefficient (Wildman–Crippen LogP) is 4.33. The van der Waals surface area contributed by atoms with E-state index < -0.39 is 17.8 Å². The van der Waals surface area contributed by atoms with Crippen LogP contribution in [0.4, 0.5) is 4.39 Å². The topological polar surface area (TPSA) is 106 Å². The van der Waals surface area contributed by atoms with Crippen molar-refractivity contribution in [3.8, 4) is 0 Å². The Bertz CT molecular complexity index is 1340. The van der Waals surface area contributed by atoms with Crippen molar-refractivity contribution >= 4 is 23.4 Å². The summed E-state index contributed by atoms with van der Waals surface area (Å²) >= 11 is 6.16. The molecule has 206 valence electrons. The normalized spacial score (nSPS) is 27.9. The van der Waals surface area contributed by atoms with Gasteiger partial charge in [0.2, 0.25) is 11.8 Å². The standard InChI is InChI=1S/C28H33ClFN7O2/c1-17-5-4-6-22(21-14-19(9-11-31-21)28(2,3)15-32-27(17)39)36-12-10-18(13-24(36)38)25-23(37-16-33-34-35-37)8-7-20(29)26(25)30/h7-9,11,13-14,16-17,22-23,25H,4-6,10,12,15H2,1-3H3,(H,32,39)/t17-,22+,23?,25?/m1/s1. The molecule has 4 heterocycles. The van der Waals surface area contributed by atoms with Gasteiger partial charge in [-0.15, -0.1) is 5.10 Å². The van der Waals surface area contributed by atoms with Gasteiger partial charge >= 0.3 is 0 Å². The minimum Gasteiger partial charge on any atom is -0.355 e. The summed E-state index contributed by atoms with van der Waals surface area (Å²) in [5.41, 5.74) is 2.22. The van der Waals surface area contributed by atoms with Crippen molar-refractivity contribution in [2.45, 2.75) is 64.0 Å². The van der Waals surface area contributed by atoms with Gasteiger partial charge in [0, 0.05) is 36.7 Å². The first-order chi connectivity index (χ1) is 18.7. The minimum atomic E-state index is -0.768. The summed E-state index contributed by atoms with van der Waals surface area (Å²) in [6.07, 6.45) is 10.6. The van der Waals surface area contributed by atoms with E-state index in [2.05, 4.69) is 45.7 Å². The van der Waals surface area contributed by atoms with Crippen LogP contribution in [-0.2, 0) is 15.0 Å². The highest BCUT2D eigenvalue weighted by Gasteiger charge is 2.38. The molecular weight excluding hydrogens is 521 g/mol. The smallest absolute Gasteiger partial charge is 0.247 e. The van der Waals surface area contributed by atoms with E-state index in [0.717, 1.165) is 17.7 Å². The molecule has 39 heavy (non-hydrogen) atoms. The molecule has 0 saturated heterocycles. The Labute approximate surface area is 232 Å². The molecule has 9 nitrogen and oxygen atoms in total. The second-order valence-electron chi connectivity index (χ2n) is 11.2. The molecule has 4 atom stereocenters. The Hall–Kier alpha value is -3.40. The largest absolute Gasteiger partial charge is 0.355 e.